The number of ether oxygens (including phenoxy) is 2. The zero-order valence-electron chi connectivity index (χ0n) is 7.68. The summed E-state index contributed by atoms with van der Waals surface area (Å²) >= 11 is 0. The smallest absolute Gasteiger partial charge is 0.277 e. The van der Waals surface area contributed by atoms with Crippen molar-refractivity contribution in [1.29, 1.82) is 0 Å². The quantitative estimate of drug-likeness (QED) is 0.745. The third-order valence-corrected chi connectivity index (χ3v) is 1.33. The van der Waals surface area contributed by atoms with Gasteiger partial charge in [0, 0.05) is 0 Å². The van der Waals surface area contributed by atoms with E-state index >= 15 is 0 Å². The normalized spacial score (nSPS) is 9.92. The predicted octanol–water partition coefficient (Wildman–Crippen LogP) is 1.52. The molecule has 4 heteroatoms. The molecule has 1 aromatic rings. The Morgan fingerprint density at radius 1 is 1.25 bits per heavy atom. The van der Waals surface area contributed by atoms with E-state index in [-0.39, 0.29) is 0 Å². The monoisotopic (exact) mass is 170 g/mol. The Bertz CT molecular complexity index is 222. The highest BCUT2D eigenvalue weighted by molar-refractivity contribution is 5.27. The molecule has 0 amide bonds. The first kappa shape index (κ1) is 8.90. The lowest BCUT2D eigenvalue weighted by Crippen LogP contribution is -1.97. The standard InChI is InChI=1S/C8H14N2O2/c1-4-11-7-8(12-5-2)10-6(3)9-7/h4-5H2,1-3H3,(H,9,10). The van der Waals surface area contributed by atoms with E-state index in [0.29, 0.717) is 25.0 Å². The first-order valence-corrected chi connectivity index (χ1v) is 4.10. The summed E-state index contributed by atoms with van der Waals surface area (Å²) < 4.78 is 10.5. The molecule has 1 rings (SSSR count). The number of nitrogens with zero attached hydrogens (tertiary/aromatic N) is 1. The minimum atomic E-state index is 0.553. The highest BCUT2D eigenvalue weighted by atomic mass is 16.5. The Labute approximate surface area is 71.9 Å². The largest absolute Gasteiger partial charge is 0.475 e. The van der Waals surface area contributed by atoms with Gasteiger partial charge in [-0.3, -0.25) is 0 Å². The summed E-state index contributed by atoms with van der Waals surface area (Å²) in [7, 11) is 0. The van der Waals surface area contributed by atoms with Crippen LogP contribution in [0.15, 0.2) is 0 Å². The molecular formula is C8H14N2O2. The molecule has 0 aliphatic carbocycles. The molecule has 0 aromatic carbocycles. The second-order valence-electron chi connectivity index (χ2n) is 2.32. The molecule has 0 spiro atoms. The van der Waals surface area contributed by atoms with Crippen molar-refractivity contribution in [3.63, 3.8) is 0 Å². The van der Waals surface area contributed by atoms with Gasteiger partial charge in [0.25, 0.3) is 11.8 Å². The second kappa shape index (κ2) is 3.99. The Balaban J connectivity index is 2.76. The van der Waals surface area contributed by atoms with Gasteiger partial charge < -0.3 is 14.5 Å². The summed E-state index contributed by atoms with van der Waals surface area (Å²) in [5, 5.41) is 0. The molecular weight excluding hydrogens is 156 g/mol. The van der Waals surface area contributed by atoms with Crippen LogP contribution in [0.25, 0.3) is 0 Å². The van der Waals surface area contributed by atoms with Crippen LogP contribution in [0.5, 0.6) is 11.8 Å². The molecule has 0 atom stereocenters. The van der Waals surface area contributed by atoms with Gasteiger partial charge in [-0.15, -0.1) is 0 Å². The fourth-order valence-electron chi connectivity index (χ4n) is 0.926. The molecule has 12 heavy (non-hydrogen) atoms. The first-order chi connectivity index (χ1) is 5.77. The zero-order valence-corrected chi connectivity index (χ0v) is 7.68. The van der Waals surface area contributed by atoms with Crippen LogP contribution in [-0.4, -0.2) is 23.2 Å². The maximum absolute atomic E-state index is 5.27. The number of aromatic amines is 1. The maximum atomic E-state index is 5.27. The van der Waals surface area contributed by atoms with Crippen LogP contribution in [0.2, 0.25) is 0 Å². The molecule has 0 saturated heterocycles. The van der Waals surface area contributed by atoms with Crippen LogP contribution in [0, 0.1) is 6.92 Å². The van der Waals surface area contributed by atoms with Crippen LogP contribution in [0.4, 0.5) is 0 Å². The number of rotatable bonds is 4. The van der Waals surface area contributed by atoms with Gasteiger partial charge in [0.2, 0.25) is 0 Å². The molecule has 0 aliphatic rings. The molecule has 1 heterocycles. The molecule has 0 aliphatic heterocycles. The van der Waals surface area contributed by atoms with Crippen molar-refractivity contribution in [3.8, 4) is 11.8 Å². The van der Waals surface area contributed by atoms with Gasteiger partial charge in [-0.2, -0.15) is 4.98 Å². The Hall–Kier alpha value is -1.19. The minimum absolute atomic E-state index is 0.553. The van der Waals surface area contributed by atoms with E-state index in [1.54, 1.807) is 0 Å². The van der Waals surface area contributed by atoms with E-state index in [0.717, 1.165) is 5.82 Å². The van der Waals surface area contributed by atoms with Crippen LogP contribution in [-0.2, 0) is 0 Å². The summed E-state index contributed by atoms with van der Waals surface area (Å²) in [6.07, 6.45) is 0. The van der Waals surface area contributed by atoms with Crippen LogP contribution < -0.4 is 9.47 Å². The SMILES string of the molecule is CCOc1nc(C)[nH]c1OCC. The number of imidazole rings is 1. The van der Waals surface area contributed by atoms with E-state index in [4.69, 9.17) is 9.47 Å². The number of H-pyrrole nitrogens is 1. The van der Waals surface area contributed by atoms with E-state index < -0.39 is 0 Å². The summed E-state index contributed by atoms with van der Waals surface area (Å²) in [5.74, 6) is 1.98. The van der Waals surface area contributed by atoms with Crippen molar-refractivity contribution in [1.82, 2.24) is 9.97 Å². The average molecular weight is 170 g/mol. The first-order valence-electron chi connectivity index (χ1n) is 4.10. The number of aryl methyl sites for hydroxylation is 1. The number of nitrogens with one attached hydrogen (secondary N) is 1. The Morgan fingerprint density at radius 2 is 1.92 bits per heavy atom. The summed E-state index contributed by atoms with van der Waals surface area (Å²) in [4.78, 5) is 7.09. The number of hydrogen-bond donors (Lipinski definition) is 1. The van der Waals surface area contributed by atoms with Crippen molar-refractivity contribution >= 4 is 0 Å². The third kappa shape index (κ3) is 1.90. The Morgan fingerprint density at radius 3 is 2.50 bits per heavy atom. The second-order valence-corrected chi connectivity index (χ2v) is 2.32. The molecule has 1 N–H and O–H groups in total. The summed E-state index contributed by atoms with van der Waals surface area (Å²) in [5.41, 5.74) is 0. The van der Waals surface area contributed by atoms with Crippen molar-refractivity contribution < 1.29 is 9.47 Å². The Kier molecular flexibility index (Phi) is 2.96. The highest BCUT2D eigenvalue weighted by Gasteiger charge is 2.08. The van der Waals surface area contributed by atoms with E-state index in [1.165, 1.54) is 0 Å². The lowest BCUT2D eigenvalue weighted by atomic mass is 10.7. The fourth-order valence-corrected chi connectivity index (χ4v) is 0.926. The van der Waals surface area contributed by atoms with Crippen molar-refractivity contribution in [2.75, 3.05) is 13.2 Å². The predicted molar refractivity (Wildman–Crippen MR) is 45.7 cm³/mol. The summed E-state index contributed by atoms with van der Waals surface area (Å²) in [6.45, 7) is 6.92. The topological polar surface area (TPSA) is 47.1 Å². The van der Waals surface area contributed by atoms with E-state index in [9.17, 15) is 0 Å². The molecule has 4 nitrogen and oxygen atoms in total. The van der Waals surface area contributed by atoms with Crippen LogP contribution >= 0.6 is 0 Å². The molecule has 0 radical (unpaired) electrons. The van der Waals surface area contributed by atoms with Gasteiger partial charge in [-0.1, -0.05) is 0 Å². The molecule has 0 fully saturated rings. The molecule has 0 bridgehead atoms. The number of aromatic nitrogens is 2. The average Bonchev–Trinajstić information content (AvgIpc) is 2.33. The lowest BCUT2D eigenvalue weighted by molar-refractivity contribution is 0.276. The lowest BCUT2D eigenvalue weighted by Gasteiger charge is -2.02. The van der Waals surface area contributed by atoms with Gasteiger partial charge in [-0.25, -0.2) is 0 Å². The van der Waals surface area contributed by atoms with Crippen molar-refractivity contribution in [2.45, 2.75) is 20.8 Å². The molecule has 0 unspecified atom stereocenters. The van der Waals surface area contributed by atoms with Crippen molar-refractivity contribution in [3.05, 3.63) is 5.82 Å². The maximum Gasteiger partial charge on any atom is 0.277 e. The van der Waals surface area contributed by atoms with Gasteiger partial charge in [-0.05, 0) is 20.8 Å². The van der Waals surface area contributed by atoms with Crippen LogP contribution in [0.1, 0.15) is 19.7 Å². The van der Waals surface area contributed by atoms with Gasteiger partial charge >= 0.3 is 0 Å². The van der Waals surface area contributed by atoms with Gasteiger partial charge in [0.05, 0.1) is 13.2 Å². The zero-order chi connectivity index (χ0) is 8.97. The highest BCUT2D eigenvalue weighted by Crippen LogP contribution is 2.22. The van der Waals surface area contributed by atoms with E-state index in [2.05, 4.69) is 9.97 Å². The summed E-state index contributed by atoms with van der Waals surface area (Å²) in [6, 6.07) is 0. The third-order valence-electron chi connectivity index (χ3n) is 1.33. The van der Waals surface area contributed by atoms with Crippen molar-refractivity contribution in [2.24, 2.45) is 0 Å². The van der Waals surface area contributed by atoms with Crippen LogP contribution in [0.3, 0.4) is 0 Å². The number of hydrogen-bond acceptors (Lipinski definition) is 3. The minimum Gasteiger partial charge on any atom is -0.475 e. The fraction of sp³-hybridized carbons (Fsp3) is 0.625. The molecule has 0 saturated carbocycles. The van der Waals surface area contributed by atoms with Gasteiger partial charge in [0.15, 0.2) is 0 Å². The molecule has 1 aromatic heterocycles. The van der Waals surface area contributed by atoms with E-state index in [1.807, 2.05) is 20.8 Å². The molecule has 68 valence electrons. The van der Waals surface area contributed by atoms with Gasteiger partial charge in [0.1, 0.15) is 5.82 Å².